The van der Waals surface area contributed by atoms with Gasteiger partial charge in [0, 0.05) is 5.88 Å². The first-order valence-electron chi connectivity index (χ1n) is 7.14. The normalized spacial score (nSPS) is 13.4. The van der Waals surface area contributed by atoms with Crippen molar-refractivity contribution in [2.75, 3.05) is 12.5 Å². The first kappa shape index (κ1) is 16.4. The summed E-state index contributed by atoms with van der Waals surface area (Å²) in [5.74, 6) is 2.39. The number of hydrogen-bond donors (Lipinski definition) is 0. The van der Waals surface area contributed by atoms with Crippen molar-refractivity contribution in [2.45, 2.75) is 52.9 Å². The van der Waals surface area contributed by atoms with Gasteiger partial charge in [-0.15, -0.1) is 11.6 Å². The summed E-state index contributed by atoms with van der Waals surface area (Å²) in [7, 11) is 0. The molecule has 0 aliphatic carbocycles. The second kappa shape index (κ2) is 7.19. The molecule has 0 amide bonds. The first-order chi connectivity index (χ1) is 8.84. The molecule has 1 nitrogen and oxygen atoms in total. The Bertz CT molecular complexity index is 393. The molecular formula is C17H27ClO. The van der Waals surface area contributed by atoms with Gasteiger partial charge in [-0.05, 0) is 48.3 Å². The minimum absolute atomic E-state index is 0.116. The monoisotopic (exact) mass is 282 g/mol. The molecule has 1 unspecified atom stereocenters. The number of aryl methyl sites for hydroxylation is 1. The van der Waals surface area contributed by atoms with Gasteiger partial charge in [-0.1, -0.05) is 39.8 Å². The second-order valence-electron chi connectivity index (χ2n) is 6.47. The van der Waals surface area contributed by atoms with Crippen LogP contribution in [0.4, 0.5) is 0 Å². The lowest BCUT2D eigenvalue weighted by Crippen LogP contribution is -2.14. The summed E-state index contributed by atoms with van der Waals surface area (Å²) in [6, 6.07) is 6.49. The lowest BCUT2D eigenvalue weighted by atomic mass is 9.86. The van der Waals surface area contributed by atoms with Crippen molar-refractivity contribution in [3.63, 3.8) is 0 Å². The molecule has 1 atom stereocenters. The average molecular weight is 283 g/mol. The van der Waals surface area contributed by atoms with Crippen molar-refractivity contribution in [1.82, 2.24) is 0 Å². The Labute approximate surface area is 123 Å². The zero-order valence-corrected chi connectivity index (χ0v) is 13.7. The third-order valence-corrected chi connectivity index (χ3v) is 3.63. The van der Waals surface area contributed by atoms with E-state index in [0.717, 1.165) is 31.1 Å². The van der Waals surface area contributed by atoms with Crippen LogP contribution in [0.1, 0.15) is 51.7 Å². The smallest absolute Gasteiger partial charge is 0.123 e. The highest BCUT2D eigenvalue weighted by molar-refractivity contribution is 6.17. The zero-order chi connectivity index (χ0) is 14.5. The SMILES string of the molecule is Cc1ccc(C(C)(C)C)c(OCCC(C)CCCl)c1. The van der Waals surface area contributed by atoms with Crippen LogP contribution in [0, 0.1) is 12.8 Å². The van der Waals surface area contributed by atoms with Gasteiger partial charge >= 0.3 is 0 Å². The van der Waals surface area contributed by atoms with E-state index in [1.54, 1.807) is 0 Å². The van der Waals surface area contributed by atoms with Crippen molar-refractivity contribution in [1.29, 1.82) is 0 Å². The average Bonchev–Trinajstić information content (AvgIpc) is 2.27. The Hall–Kier alpha value is -0.690. The van der Waals surface area contributed by atoms with E-state index in [2.05, 4.69) is 52.8 Å². The molecule has 2 heteroatoms. The molecule has 0 fully saturated rings. The van der Waals surface area contributed by atoms with Crippen LogP contribution in [-0.2, 0) is 5.41 Å². The van der Waals surface area contributed by atoms with Crippen molar-refractivity contribution in [3.05, 3.63) is 29.3 Å². The maximum Gasteiger partial charge on any atom is 0.123 e. The molecule has 0 aromatic heterocycles. The third kappa shape index (κ3) is 5.44. The van der Waals surface area contributed by atoms with Gasteiger partial charge in [0.1, 0.15) is 5.75 Å². The van der Waals surface area contributed by atoms with Crippen LogP contribution >= 0.6 is 11.6 Å². The summed E-state index contributed by atoms with van der Waals surface area (Å²) in [5.41, 5.74) is 2.64. The molecule has 1 aromatic rings. The van der Waals surface area contributed by atoms with E-state index in [4.69, 9.17) is 16.3 Å². The largest absolute Gasteiger partial charge is 0.493 e. The summed E-state index contributed by atoms with van der Waals surface area (Å²) in [6.45, 7) is 11.8. The molecule has 1 rings (SSSR count). The van der Waals surface area contributed by atoms with E-state index in [9.17, 15) is 0 Å². The molecule has 0 aliphatic heterocycles. The fraction of sp³-hybridized carbons (Fsp3) is 0.647. The Morgan fingerprint density at radius 2 is 1.89 bits per heavy atom. The van der Waals surface area contributed by atoms with Gasteiger partial charge in [-0.2, -0.15) is 0 Å². The number of alkyl halides is 1. The van der Waals surface area contributed by atoms with E-state index >= 15 is 0 Å². The van der Waals surface area contributed by atoms with Gasteiger partial charge in [0.25, 0.3) is 0 Å². The Morgan fingerprint density at radius 3 is 2.47 bits per heavy atom. The Morgan fingerprint density at radius 1 is 1.21 bits per heavy atom. The number of benzene rings is 1. The summed E-state index contributed by atoms with van der Waals surface area (Å²) in [5, 5.41) is 0. The predicted molar refractivity (Wildman–Crippen MR) is 84.5 cm³/mol. The van der Waals surface area contributed by atoms with Crippen molar-refractivity contribution >= 4 is 11.6 Å². The topological polar surface area (TPSA) is 9.23 Å². The van der Waals surface area contributed by atoms with Gasteiger partial charge in [0.2, 0.25) is 0 Å². The number of rotatable bonds is 6. The second-order valence-corrected chi connectivity index (χ2v) is 6.85. The summed E-state index contributed by atoms with van der Waals surface area (Å²) in [4.78, 5) is 0. The maximum absolute atomic E-state index is 6.02. The highest BCUT2D eigenvalue weighted by Crippen LogP contribution is 2.32. The van der Waals surface area contributed by atoms with Crippen LogP contribution in [0.25, 0.3) is 0 Å². The lowest BCUT2D eigenvalue weighted by molar-refractivity contribution is 0.275. The molecule has 1 aromatic carbocycles. The van der Waals surface area contributed by atoms with E-state index in [0.29, 0.717) is 5.92 Å². The zero-order valence-electron chi connectivity index (χ0n) is 12.9. The molecule has 19 heavy (non-hydrogen) atoms. The highest BCUT2D eigenvalue weighted by Gasteiger charge is 2.19. The van der Waals surface area contributed by atoms with Crippen LogP contribution in [-0.4, -0.2) is 12.5 Å². The Kier molecular flexibility index (Phi) is 6.19. The Balaban J connectivity index is 2.69. The molecule has 0 N–H and O–H groups in total. The summed E-state index contributed by atoms with van der Waals surface area (Å²) in [6.07, 6.45) is 2.12. The van der Waals surface area contributed by atoms with Crippen LogP contribution in [0.5, 0.6) is 5.75 Å². The van der Waals surface area contributed by atoms with Gasteiger partial charge < -0.3 is 4.74 Å². The number of halogens is 1. The van der Waals surface area contributed by atoms with Crippen LogP contribution < -0.4 is 4.74 Å². The molecule has 0 spiro atoms. The molecule has 0 aliphatic rings. The summed E-state index contributed by atoms with van der Waals surface area (Å²) >= 11 is 5.76. The molecule has 0 radical (unpaired) electrons. The van der Waals surface area contributed by atoms with E-state index in [1.165, 1.54) is 11.1 Å². The van der Waals surface area contributed by atoms with Crippen LogP contribution in [0.2, 0.25) is 0 Å². The van der Waals surface area contributed by atoms with Crippen molar-refractivity contribution < 1.29 is 4.74 Å². The standard InChI is InChI=1S/C17H27ClO/c1-13(8-10-18)9-11-19-16-12-14(2)6-7-15(16)17(3,4)5/h6-7,12-13H,8-11H2,1-5H3. The highest BCUT2D eigenvalue weighted by atomic mass is 35.5. The van der Waals surface area contributed by atoms with E-state index < -0.39 is 0 Å². The van der Waals surface area contributed by atoms with Gasteiger partial charge in [-0.25, -0.2) is 0 Å². The predicted octanol–water partition coefficient (Wildman–Crippen LogP) is 5.33. The number of ether oxygens (including phenoxy) is 1. The third-order valence-electron chi connectivity index (χ3n) is 3.42. The quantitative estimate of drug-likeness (QED) is 0.641. The van der Waals surface area contributed by atoms with Crippen molar-refractivity contribution in [2.24, 2.45) is 5.92 Å². The molecule has 0 heterocycles. The number of hydrogen-bond acceptors (Lipinski definition) is 1. The van der Waals surface area contributed by atoms with Gasteiger partial charge in [0.15, 0.2) is 0 Å². The van der Waals surface area contributed by atoms with Gasteiger partial charge in [-0.3, -0.25) is 0 Å². The van der Waals surface area contributed by atoms with Crippen LogP contribution in [0.3, 0.4) is 0 Å². The fourth-order valence-electron chi connectivity index (χ4n) is 2.07. The fourth-order valence-corrected chi connectivity index (χ4v) is 2.44. The lowest BCUT2D eigenvalue weighted by Gasteiger charge is -2.23. The molecule has 0 saturated carbocycles. The molecule has 0 bridgehead atoms. The van der Waals surface area contributed by atoms with Gasteiger partial charge in [0.05, 0.1) is 6.61 Å². The molecule has 0 saturated heterocycles. The van der Waals surface area contributed by atoms with Crippen molar-refractivity contribution in [3.8, 4) is 5.75 Å². The van der Waals surface area contributed by atoms with E-state index in [-0.39, 0.29) is 5.41 Å². The van der Waals surface area contributed by atoms with E-state index in [1.807, 2.05) is 0 Å². The first-order valence-corrected chi connectivity index (χ1v) is 7.68. The minimum atomic E-state index is 0.116. The maximum atomic E-state index is 6.02. The molecule has 108 valence electrons. The summed E-state index contributed by atoms with van der Waals surface area (Å²) < 4.78 is 6.02. The molecular weight excluding hydrogens is 256 g/mol. The minimum Gasteiger partial charge on any atom is -0.493 e. The van der Waals surface area contributed by atoms with Crippen LogP contribution in [0.15, 0.2) is 18.2 Å².